The van der Waals surface area contributed by atoms with Crippen LogP contribution in [0.4, 0.5) is 4.79 Å². The van der Waals surface area contributed by atoms with Gasteiger partial charge in [0.25, 0.3) is 0 Å². The molecule has 2 aromatic rings. The summed E-state index contributed by atoms with van der Waals surface area (Å²) in [5.74, 6) is -0.644. The zero-order chi connectivity index (χ0) is 27.5. The van der Waals surface area contributed by atoms with Crippen molar-refractivity contribution in [2.45, 2.75) is 52.0 Å². The second-order valence-electron chi connectivity index (χ2n) is 10.0. The van der Waals surface area contributed by atoms with Crippen LogP contribution >= 0.6 is 0 Å². The Morgan fingerprint density at radius 3 is 2.18 bits per heavy atom. The van der Waals surface area contributed by atoms with E-state index in [2.05, 4.69) is 33.0 Å². The highest BCUT2D eigenvalue weighted by atomic mass is 16.6. The SMILES string of the molecule is CN[C@@H](C)C(=O)N[C@H](C(=O)N1CCN(Cc2ccccc2)C[C@@H]1OC(=O)NCCc1ccccc1)C(C)C. The van der Waals surface area contributed by atoms with Crippen molar-refractivity contribution in [3.63, 3.8) is 0 Å². The molecule has 0 saturated carbocycles. The molecule has 0 unspecified atom stereocenters. The minimum absolute atomic E-state index is 0.141. The molecule has 0 bridgehead atoms. The first-order valence-electron chi connectivity index (χ1n) is 13.3. The number of rotatable bonds is 11. The van der Waals surface area contributed by atoms with E-state index in [1.807, 2.05) is 62.4 Å². The summed E-state index contributed by atoms with van der Waals surface area (Å²) >= 11 is 0. The van der Waals surface area contributed by atoms with Gasteiger partial charge in [-0.3, -0.25) is 14.5 Å². The van der Waals surface area contributed by atoms with Crippen LogP contribution in [0.1, 0.15) is 31.9 Å². The second kappa shape index (κ2) is 14.5. The van der Waals surface area contributed by atoms with Crippen LogP contribution in [0.5, 0.6) is 0 Å². The van der Waals surface area contributed by atoms with Gasteiger partial charge < -0.3 is 25.6 Å². The summed E-state index contributed by atoms with van der Waals surface area (Å²) in [6.45, 7) is 8.02. The predicted molar refractivity (Wildman–Crippen MR) is 147 cm³/mol. The molecule has 1 heterocycles. The molecule has 206 valence electrons. The van der Waals surface area contributed by atoms with Gasteiger partial charge in [0.1, 0.15) is 6.04 Å². The van der Waals surface area contributed by atoms with Crippen molar-refractivity contribution in [3.05, 3.63) is 71.8 Å². The number of nitrogens with zero attached hydrogens (tertiary/aromatic N) is 2. The molecule has 0 aromatic heterocycles. The summed E-state index contributed by atoms with van der Waals surface area (Å²) in [7, 11) is 1.70. The van der Waals surface area contributed by atoms with Crippen LogP contribution in [0.3, 0.4) is 0 Å². The minimum atomic E-state index is -0.781. The lowest BCUT2D eigenvalue weighted by atomic mass is 10.0. The minimum Gasteiger partial charge on any atom is -0.424 e. The molecular formula is C29H41N5O4. The average Bonchev–Trinajstić information content (AvgIpc) is 2.92. The van der Waals surface area contributed by atoms with Gasteiger partial charge in [-0.2, -0.15) is 0 Å². The van der Waals surface area contributed by atoms with E-state index in [9.17, 15) is 14.4 Å². The van der Waals surface area contributed by atoms with Gasteiger partial charge in [-0.05, 0) is 37.4 Å². The molecule has 3 amide bonds. The van der Waals surface area contributed by atoms with Crippen LogP contribution in [0.25, 0.3) is 0 Å². The molecule has 38 heavy (non-hydrogen) atoms. The summed E-state index contributed by atoms with van der Waals surface area (Å²) in [4.78, 5) is 42.8. The Kier molecular flexibility index (Phi) is 11.1. The molecule has 0 radical (unpaired) electrons. The van der Waals surface area contributed by atoms with E-state index in [1.165, 1.54) is 0 Å². The van der Waals surface area contributed by atoms with Gasteiger partial charge >= 0.3 is 6.09 Å². The second-order valence-corrected chi connectivity index (χ2v) is 10.0. The number of carbonyl (C=O) groups is 3. The van der Waals surface area contributed by atoms with Gasteiger partial charge in [-0.25, -0.2) is 4.79 Å². The lowest BCUT2D eigenvalue weighted by Crippen LogP contribution is -2.62. The molecule has 3 N–H and O–H groups in total. The Morgan fingerprint density at radius 1 is 0.947 bits per heavy atom. The Hall–Kier alpha value is -3.43. The van der Waals surface area contributed by atoms with Crippen molar-refractivity contribution < 1.29 is 19.1 Å². The average molecular weight is 524 g/mol. The van der Waals surface area contributed by atoms with Crippen molar-refractivity contribution in [2.75, 3.05) is 33.2 Å². The number of amides is 3. The predicted octanol–water partition coefficient (Wildman–Crippen LogP) is 2.37. The van der Waals surface area contributed by atoms with Crippen LogP contribution in [0, 0.1) is 5.92 Å². The summed E-state index contributed by atoms with van der Waals surface area (Å²) < 4.78 is 5.82. The zero-order valence-electron chi connectivity index (χ0n) is 22.9. The molecule has 3 atom stereocenters. The van der Waals surface area contributed by atoms with Crippen molar-refractivity contribution in [1.29, 1.82) is 0 Å². The van der Waals surface area contributed by atoms with Gasteiger partial charge in [0.2, 0.25) is 11.8 Å². The molecule has 9 heteroatoms. The summed E-state index contributed by atoms with van der Waals surface area (Å²) in [5, 5.41) is 8.59. The van der Waals surface area contributed by atoms with E-state index in [0.29, 0.717) is 39.1 Å². The third-order valence-corrected chi connectivity index (χ3v) is 6.78. The first kappa shape index (κ1) is 29.1. The number of benzene rings is 2. The van der Waals surface area contributed by atoms with Gasteiger partial charge in [0, 0.05) is 26.2 Å². The van der Waals surface area contributed by atoms with E-state index in [-0.39, 0.29) is 17.7 Å². The molecule has 0 spiro atoms. The largest absolute Gasteiger partial charge is 0.424 e. The van der Waals surface area contributed by atoms with Crippen molar-refractivity contribution in [3.8, 4) is 0 Å². The molecule has 9 nitrogen and oxygen atoms in total. The van der Waals surface area contributed by atoms with E-state index in [4.69, 9.17) is 4.74 Å². The summed E-state index contributed by atoms with van der Waals surface area (Å²) in [5.41, 5.74) is 2.26. The normalized spacial score (nSPS) is 17.5. The fraction of sp³-hybridized carbons (Fsp3) is 0.483. The standard InChI is InChI=1S/C29H41N5O4/c1-21(2)26(32-27(35)22(3)30-4)28(36)34-18-17-33(19-24-13-9-6-10-14-24)20-25(34)38-29(37)31-16-15-23-11-7-5-8-12-23/h5-14,21-22,25-26,30H,15-20H2,1-4H3,(H,31,37)(H,32,35)/t22-,25-,26-/m0/s1. The molecule has 0 aliphatic carbocycles. The molecule has 3 rings (SSSR count). The molecule has 2 aromatic carbocycles. The van der Waals surface area contributed by atoms with Gasteiger partial charge in [0.05, 0.1) is 12.6 Å². The number of nitrogens with one attached hydrogen (secondary N) is 3. The number of hydrogen-bond donors (Lipinski definition) is 3. The van der Waals surface area contributed by atoms with E-state index >= 15 is 0 Å². The van der Waals surface area contributed by atoms with Crippen LogP contribution in [0.15, 0.2) is 60.7 Å². The summed E-state index contributed by atoms with van der Waals surface area (Å²) in [6, 6.07) is 18.8. The smallest absolute Gasteiger partial charge is 0.409 e. The number of ether oxygens (including phenoxy) is 1. The monoisotopic (exact) mass is 523 g/mol. The number of hydrogen-bond acceptors (Lipinski definition) is 6. The molecule has 1 fully saturated rings. The Labute approximate surface area is 225 Å². The first-order chi connectivity index (χ1) is 18.3. The van der Waals surface area contributed by atoms with Crippen molar-refractivity contribution >= 4 is 17.9 Å². The first-order valence-corrected chi connectivity index (χ1v) is 13.3. The molecular weight excluding hydrogens is 482 g/mol. The highest BCUT2D eigenvalue weighted by Gasteiger charge is 2.38. The Bertz CT molecular complexity index is 1030. The fourth-order valence-corrected chi connectivity index (χ4v) is 4.36. The quantitative estimate of drug-likeness (QED) is 0.418. The number of carbonyl (C=O) groups excluding carboxylic acids is 3. The third-order valence-electron chi connectivity index (χ3n) is 6.78. The molecule has 1 saturated heterocycles. The Balaban J connectivity index is 1.69. The van der Waals surface area contributed by atoms with Gasteiger partial charge in [-0.1, -0.05) is 74.5 Å². The molecule has 1 aliphatic heterocycles. The maximum atomic E-state index is 13.7. The zero-order valence-corrected chi connectivity index (χ0v) is 22.9. The van der Waals surface area contributed by atoms with Crippen molar-refractivity contribution in [2.24, 2.45) is 5.92 Å². The lowest BCUT2D eigenvalue weighted by Gasteiger charge is -2.42. The van der Waals surface area contributed by atoms with Crippen LogP contribution in [0.2, 0.25) is 0 Å². The maximum Gasteiger partial charge on any atom is 0.409 e. The summed E-state index contributed by atoms with van der Waals surface area (Å²) in [6.07, 6.45) is -0.676. The van der Waals surface area contributed by atoms with Gasteiger partial charge in [-0.15, -0.1) is 0 Å². The van der Waals surface area contributed by atoms with Crippen LogP contribution < -0.4 is 16.0 Å². The lowest BCUT2D eigenvalue weighted by molar-refractivity contribution is -0.153. The topological polar surface area (TPSA) is 103 Å². The highest BCUT2D eigenvalue weighted by molar-refractivity contribution is 5.90. The van der Waals surface area contributed by atoms with Crippen LogP contribution in [-0.4, -0.2) is 79.2 Å². The fourth-order valence-electron chi connectivity index (χ4n) is 4.36. The van der Waals surface area contributed by atoms with Gasteiger partial charge in [0.15, 0.2) is 6.23 Å². The Morgan fingerprint density at radius 2 is 1.58 bits per heavy atom. The number of likely N-dealkylation sites (N-methyl/N-ethyl adjacent to an activating group) is 1. The highest BCUT2D eigenvalue weighted by Crippen LogP contribution is 2.18. The third kappa shape index (κ3) is 8.56. The molecule has 1 aliphatic rings. The van der Waals surface area contributed by atoms with E-state index < -0.39 is 24.4 Å². The van der Waals surface area contributed by atoms with E-state index in [1.54, 1.807) is 18.9 Å². The van der Waals surface area contributed by atoms with E-state index in [0.717, 1.165) is 11.1 Å². The number of alkyl carbamates (subject to hydrolysis) is 1. The number of piperazine rings is 1. The maximum absolute atomic E-state index is 13.7. The van der Waals surface area contributed by atoms with Crippen LogP contribution in [-0.2, 0) is 27.3 Å². The van der Waals surface area contributed by atoms with Crippen molar-refractivity contribution in [1.82, 2.24) is 25.8 Å².